The molecule has 1 fully saturated rings. The van der Waals surface area contributed by atoms with Gasteiger partial charge in [0, 0.05) is 56.2 Å². The molecule has 0 radical (unpaired) electrons. The number of fused-ring (bicyclic) bond motifs is 1. The molecule has 42 heavy (non-hydrogen) atoms. The highest BCUT2D eigenvalue weighted by atomic mass is 19.4. The number of anilines is 1. The molecule has 1 amide bonds. The van der Waals surface area contributed by atoms with Crippen molar-refractivity contribution in [3.63, 3.8) is 0 Å². The third-order valence-electron chi connectivity index (χ3n) is 8.43. The maximum Gasteiger partial charge on any atom is 0.416 e. The minimum Gasteiger partial charge on any atom is -0.322 e. The van der Waals surface area contributed by atoms with Gasteiger partial charge in [-0.2, -0.15) is 13.2 Å². The first-order chi connectivity index (χ1) is 20.2. The second kappa shape index (κ2) is 11.7. The molecule has 1 saturated heterocycles. The Kier molecular flexibility index (Phi) is 7.84. The summed E-state index contributed by atoms with van der Waals surface area (Å²) in [6, 6.07) is 22.9. The normalized spacial score (nSPS) is 17.7. The molecule has 1 N–H and O–H groups in total. The first-order valence-corrected chi connectivity index (χ1v) is 14.3. The van der Waals surface area contributed by atoms with E-state index < -0.39 is 11.7 Å². The number of aryl methyl sites for hydroxylation is 1. The molecule has 5 nitrogen and oxygen atoms in total. The van der Waals surface area contributed by atoms with E-state index >= 15 is 0 Å². The van der Waals surface area contributed by atoms with E-state index in [0.717, 1.165) is 74.6 Å². The van der Waals surface area contributed by atoms with E-state index in [9.17, 15) is 18.0 Å². The number of halogens is 3. The van der Waals surface area contributed by atoms with Crippen molar-refractivity contribution in [2.75, 3.05) is 31.5 Å². The van der Waals surface area contributed by atoms with Crippen LogP contribution in [0.25, 0.3) is 11.1 Å². The summed E-state index contributed by atoms with van der Waals surface area (Å²) < 4.78 is 39.3. The molecule has 1 aromatic heterocycles. The summed E-state index contributed by atoms with van der Waals surface area (Å²) in [4.78, 5) is 22.9. The van der Waals surface area contributed by atoms with Gasteiger partial charge in [0.15, 0.2) is 0 Å². The molecule has 1 atom stereocenters. The number of benzene rings is 3. The van der Waals surface area contributed by atoms with Gasteiger partial charge in [-0.1, -0.05) is 36.4 Å². The first-order valence-electron chi connectivity index (χ1n) is 14.3. The van der Waals surface area contributed by atoms with Crippen LogP contribution in [-0.2, 0) is 25.6 Å². The molecule has 0 bridgehead atoms. The molecule has 2 heterocycles. The maximum atomic E-state index is 13.5. The lowest BCUT2D eigenvalue weighted by atomic mass is 9.93. The molecule has 1 aliphatic carbocycles. The van der Waals surface area contributed by atoms with E-state index in [1.807, 2.05) is 37.4 Å². The number of nitrogens with zero attached hydrogens (tertiary/aromatic N) is 3. The molecule has 1 unspecified atom stereocenters. The Labute approximate surface area is 244 Å². The molecule has 3 aromatic carbocycles. The molecular weight excluding hydrogens is 537 g/mol. The Hall–Kier alpha value is -4.01. The van der Waals surface area contributed by atoms with Crippen molar-refractivity contribution in [3.8, 4) is 11.1 Å². The predicted molar refractivity (Wildman–Crippen MR) is 158 cm³/mol. The van der Waals surface area contributed by atoms with Gasteiger partial charge in [-0.05, 0) is 90.0 Å². The van der Waals surface area contributed by atoms with E-state index in [1.165, 1.54) is 23.3 Å². The molecule has 6 rings (SSSR count). The molecule has 0 saturated carbocycles. The number of rotatable bonds is 6. The summed E-state index contributed by atoms with van der Waals surface area (Å²) in [7, 11) is 0. The zero-order valence-corrected chi connectivity index (χ0v) is 23.5. The number of amides is 1. The number of carbonyl (C=O) groups excluding carboxylic acids is 1. The number of pyridine rings is 1. The van der Waals surface area contributed by atoms with Crippen LogP contribution in [0.1, 0.15) is 38.3 Å². The summed E-state index contributed by atoms with van der Waals surface area (Å²) >= 11 is 0. The van der Waals surface area contributed by atoms with Crippen LogP contribution < -0.4 is 5.32 Å². The number of aromatic nitrogens is 1. The Bertz CT molecular complexity index is 1560. The number of nitrogens with one attached hydrogen (secondary N) is 1. The van der Waals surface area contributed by atoms with Crippen molar-refractivity contribution in [1.82, 2.24) is 14.8 Å². The SMILES string of the molecule is Cc1cccc(C(=O)Nc2ccc3c(c2)CC(N2CCN(Cc4ccccn4)CC2)C3)c1-c1ccc(C(F)(F)F)cc1. The Balaban J connectivity index is 1.11. The monoisotopic (exact) mass is 570 g/mol. The molecule has 0 spiro atoms. The molecule has 2 aliphatic rings. The average Bonchev–Trinajstić information content (AvgIpc) is 3.41. The van der Waals surface area contributed by atoms with Gasteiger partial charge in [-0.3, -0.25) is 19.6 Å². The Morgan fingerprint density at radius 1 is 0.905 bits per heavy atom. The van der Waals surface area contributed by atoms with E-state index in [2.05, 4.69) is 38.3 Å². The molecule has 8 heteroatoms. The topological polar surface area (TPSA) is 48.5 Å². The van der Waals surface area contributed by atoms with Crippen LogP contribution >= 0.6 is 0 Å². The van der Waals surface area contributed by atoms with Gasteiger partial charge in [0.05, 0.1) is 11.3 Å². The third-order valence-corrected chi connectivity index (χ3v) is 8.43. The van der Waals surface area contributed by atoms with Gasteiger partial charge in [0.25, 0.3) is 5.91 Å². The van der Waals surface area contributed by atoms with Crippen LogP contribution in [0, 0.1) is 6.92 Å². The molecule has 216 valence electrons. The Morgan fingerprint density at radius 3 is 2.38 bits per heavy atom. The van der Waals surface area contributed by atoms with Crippen molar-refractivity contribution >= 4 is 11.6 Å². The molecule has 1 aliphatic heterocycles. The minimum atomic E-state index is -4.41. The number of carbonyl (C=O) groups is 1. The lowest BCUT2D eigenvalue weighted by Crippen LogP contribution is -2.50. The maximum absolute atomic E-state index is 13.5. The highest BCUT2D eigenvalue weighted by Gasteiger charge is 2.31. The van der Waals surface area contributed by atoms with Gasteiger partial charge in [-0.25, -0.2) is 0 Å². The fraction of sp³-hybridized carbons (Fsp3) is 0.294. The van der Waals surface area contributed by atoms with Crippen LogP contribution in [0.5, 0.6) is 0 Å². The van der Waals surface area contributed by atoms with Crippen LogP contribution in [0.3, 0.4) is 0 Å². The van der Waals surface area contributed by atoms with E-state index in [0.29, 0.717) is 22.7 Å². The van der Waals surface area contributed by atoms with Crippen molar-refractivity contribution in [3.05, 3.63) is 119 Å². The highest BCUT2D eigenvalue weighted by molar-refractivity contribution is 6.09. The number of alkyl halides is 3. The van der Waals surface area contributed by atoms with Crippen LogP contribution in [0.2, 0.25) is 0 Å². The zero-order valence-electron chi connectivity index (χ0n) is 23.5. The van der Waals surface area contributed by atoms with Crippen molar-refractivity contribution in [2.45, 2.75) is 38.5 Å². The predicted octanol–water partition coefficient (Wildman–Crippen LogP) is 6.61. The lowest BCUT2D eigenvalue weighted by Gasteiger charge is -2.37. The standard InChI is InChI=1S/C34H33F3N4O/c1-23-5-4-7-31(32(23)24-8-11-27(12-9-24)34(35,36)37)33(42)39-28-13-10-25-20-30(21-26(25)19-28)41-17-15-40(16-18-41)22-29-6-2-3-14-38-29/h2-14,19,30H,15-18,20-22H2,1H3,(H,39,42). The van der Waals surface area contributed by atoms with Crippen LogP contribution in [0.15, 0.2) is 85.1 Å². The lowest BCUT2D eigenvalue weighted by molar-refractivity contribution is -0.137. The van der Waals surface area contributed by atoms with E-state index in [-0.39, 0.29) is 5.91 Å². The number of hydrogen-bond acceptors (Lipinski definition) is 4. The average molecular weight is 571 g/mol. The van der Waals surface area contributed by atoms with Crippen molar-refractivity contribution < 1.29 is 18.0 Å². The van der Waals surface area contributed by atoms with Gasteiger partial charge >= 0.3 is 6.18 Å². The van der Waals surface area contributed by atoms with Crippen molar-refractivity contribution in [2.24, 2.45) is 0 Å². The second-order valence-corrected chi connectivity index (χ2v) is 11.2. The fourth-order valence-electron chi connectivity index (χ4n) is 6.20. The quantitative estimate of drug-likeness (QED) is 0.283. The van der Waals surface area contributed by atoms with Crippen LogP contribution in [0.4, 0.5) is 18.9 Å². The van der Waals surface area contributed by atoms with Crippen molar-refractivity contribution in [1.29, 1.82) is 0 Å². The fourth-order valence-corrected chi connectivity index (χ4v) is 6.20. The summed E-state index contributed by atoms with van der Waals surface area (Å²) in [6.45, 7) is 6.82. The smallest absolute Gasteiger partial charge is 0.322 e. The second-order valence-electron chi connectivity index (χ2n) is 11.2. The summed E-state index contributed by atoms with van der Waals surface area (Å²) in [5.74, 6) is -0.285. The molecule has 4 aromatic rings. The summed E-state index contributed by atoms with van der Waals surface area (Å²) in [5.41, 5.74) is 6.13. The van der Waals surface area contributed by atoms with Gasteiger partial charge in [0.1, 0.15) is 0 Å². The summed E-state index contributed by atoms with van der Waals surface area (Å²) in [5, 5.41) is 3.04. The van der Waals surface area contributed by atoms with Crippen LogP contribution in [-0.4, -0.2) is 52.9 Å². The third kappa shape index (κ3) is 6.10. The zero-order chi connectivity index (χ0) is 29.3. The largest absolute Gasteiger partial charge is 0.416 e. The highest BCUT2D eigenvalue weighted by Crippen LogP contribution is 2.34. The first kappa shape index (κ1) is 28.1. The van der Waals surface area contributed by atoms with E-state index in [1.54, 1.807) is 12.1 Å². The number of hydrogen-bond donors (Lipinski definition) is 1. The minimum absolute atomic E-state index is 0.285. The van der Waals surface area contributed by atoms with Gasteiger partial charge in [0.2, 0.25) is 0 Å². The number of piperazine rings is 1. The van der Waals surface area contributed by atoms with E-state index in [4.69, 9.17) is 0 Å². The Morgan fingerprint density at radius 2 is 1.67 bits per heavy atom. The molecular formula is C34H33F3N4O. The van der Waals surface area contributed by atoms with Gasteiger partial charge in [-0.15, -0.1) is 0 Å². The summed E-state index contributed by atoms with van der Waals surface area (Å²) in [6.07, 6.45) is -0.622. The van der Waals surface area contributed by atoms with Gasteiger partial charge < -0.3 is 5.32 Å².